The van der Waals surface area contributed by atoms with Crippen molar-refractivity contribution in [3.8, 4) is 11.3 Å². The Morgan fingerprint density at radius 1 is 1.15 bits per heavy atom. The molecule has 1 aromatic heterocycles. The molecule has 0 atom stereocenters. The fraction of sp³-hybridized carbons (Fsp3) is 0.111. The predicted octanol–water partition coefficient (Wildman–Crippen LogP) is 4.73. The Labute approximate surface area is 151 Å². The van der Waals surface area contributed by atoms with E-state index < -0.39 is 11.7 Å². The van der Waals surface area contributed by atoms with Crippen LogP contribution in [-0.4, -0.2) is 16.8 Å². The van der Waals surface area contributed by atoms with Crippen molar-refractivity contribution in [2.75, 3.05) is 0 Å². The van der Waals surface area contributed by atoms with Gasteiger partial charge < -0.3 is 9.84 Å². The van der Waals surface area contributed by atoms with Crippen molar-refractivity contribution in [3.05, 3.63) is 71.7 Å². The first-order chi connectivity index (χ1) is 12.5. The first-order valence-corrected chi connectivity index (χ1v) is 8.44. The van der Waals surface area contributed by atoms with Crippen molar-refractivity contribution < 1.29 is 22.5 Å². The number of benzene rings is 2. The van der Waals surface area contributed by atoms with Gasteiger partial charge >= 0.3 is 0 Å². The van der Waals surface area contributed by atoms with Gasteiger partial charge in [0.2, 0.25) is 0 Å². The van der Waals surface area contributed by atoms with Gasteiger partial charge in [0.15, 0.2) is 5.76 Å². The number of rotatable bonds is 6. The minimum absolute atomic E-state index is 0.0667. The molecular formula is C18H13F3N2O2S. The van der Waals surface area contributed by atoms with E-state index in [1.807, 2.05) is 0 Å². The van der Waals surface area contributed by atoms with Crippen molar-refractivity contribution in [3.63, 3.8) is 0 Å². The summed E-state index contributed by atoms with van der Waals surface area (Å²) in [7, 11) is 0. The molecule has 26 heavy (non-hydrogen) atoms. The monoisotopic (exact) mass is 378 g/mol. The number of amides is 1. The number of aromatic nitrogens is 1. The fourth-order valence-electron chi connectivity index (χ4n) is 2.26. The first-order valence-electron chi connectivity index (χ1n) is 7.56. The van der Waals surface area contributed by atoms with Gasteiger partial charge in [-0.05, 0) is 36.4 Å². The van der Waals surface area contributed by atoms with Crippen LogP contribution in [0, 0.1) is 5.82 Å². The smallest absolute Gasteiger partial charge is 0.288 e. The van der Waals surface area contributed by atoms with E-state index in [4.69, 9.17) is 4.52 Å². The summed E-state index contributed by atoms with van der Waals surface area (Å²) in [5.41, 5.74) is 1.27. The number of nitrogens with zero attached hydrogens (tertiary/aromatic N) is 1. The van der Waals surface area contributed by atoms with Crippen LogP contribution in [0.3, 0.4) is 0 Å². The molecule has 2 aromatic carbocycles. The molecule has 134 valence electrons. The first kappa shape index (κ1) is 18.1. The normalized spacial score (nSPS) is 10.9. The molecule has 1 heterocycles. The van der Waals surface area contributed by atoms with Gasteiger partial charge in [0.05, 0.1) is 12.1 Å². The van der Waals surface area contributed by atoms with Crippen LogP contribution in [0.2, 0.25) is 0 Å². The molecular weight excluding hydrogens is 365 g/mol. The fourth-order valence-corrected chi connectivity index (χ4v) is 2.90. The highest BCUT2D eigenvalue weighted by Crippen LogP contribution is 2.28. The van der Waals surface area contributed by atoms with E-state index in [0.29, 0.717) is 28.8 Å². The highest BCUT2D eigenvalue weighted by atomic mass is 32.2. The number of alkyl halides is 2. The van der Waals surface area contributed by atoms with Crippen LogP contribution in [0.1, 0.15) is 16.1 Å². The van der Waals surface area contributed by atoms with Crippen molar-refractivity contribution >= 4 is 17.7 Å². The highest BCUT2D eigenvalue weighted by Gasteiger charge is 2.15. The van der Waals surface area contributed by atoms with Crippen LogP contribution in [0.25, 0.3) is 11.3 Å². The van der Waals surface area contributed by atoms with Gasteiger partial charge in [0.1, 0.15) is 11.5 Å². The number of hydrogen-bond donors (Lipinski definition) is 1. The minimum atomic E-state index is -2.61. The predicted molar refractivity (Wildman–Crippen MR) is 91.4 cm³/mol. The molecule has 3 rings (SSSR count). The van der Waals surface area contributed by atoms with E-state index in [2.05, 4.69) is 10.5 Å². The quantitative estimate of drug-likeness (QED) is 0.631. The number of thioether (sulfide) groups is 1. The summed E-state index contributed by atoms with van der Waals surface area (Å²) in [6.45, 7) is 0.0667. The second kappa shape index (κ2) is 8.09. The lowest BCUT2D eigenvalue weighted by molar-refractivity contribution is 0.0947. The Morgan fingerprint density at radius 3 is 2.62 bits per heavy atom. The maximum atomic E-state index is 12.9. The topological polar surface area (TPSA) is 55.1 Å². The molecule has 0 aliphatic rings. The Hall–Kier alpha value is -2.74. The molecule has 1 N–H and O–H groups in total. The van der Waals surface area contributed by atoms with Crippen LogP contribution in [0.5, 0.6) is 0 Å². The lowest BCUT2D eigenvalue weighted by Crippen LogP contribution is -2.23. The SMILES string of the molecule is O=C(NCc1cc(-c2ccc(F)cc2)on1)c1ccccc1SC(F)F. The van der Waals surface area contributed by atoms with E-state index >= 15 is 0 Å². The summed E-state index contributed by atoms with van der Waals surface area (Å²) in [4.78, 5) is 12.5. The molecule has 0 bridgehead atoms. The third-order valence-electron chi connectivity index (χ3n) is 3.47. The van der Waals surface area contributed by atoms with E-state index in [1.165, 1.54) is 24.3 Å². The van der Waals surface area contributed by atoms with E-state index in [-0.39, 0.29) is 22.8 Å². The Balaban J connectivity index is 1.66. The Morgan fingerprint density at radius 2 is 1.88 bits per heavy atom. The molecule has 3 aromatic rings. The zero-order valence-corrected chi connectivity index (χ0v) is 14.1. The van der Waals surface area contributed by atoms with Crippen molar-refractivity contribution in [1.82, 2.24) is 10.5 Å². The number of hydrogen-bond acceptors (Lipinski definition) is 4. The van der Waals surface area contributed by atoms with Crippen molar-refractivity contribution in [2.45, 2.75) is 17.2 Å². The maximum absolute atomic E-state index is 12.9. The third-order valence-corrected chi connectivity index (χ3v) is 4.25. The van der Waals surface area contributed by atoms with Crippen molar-refractivity contribution in [1.29, 1.82) is 0 Å². The summed E-state index contributed by atoms with van der Waals surface area (Å²) < 4.78 is 43.3. The summed E-state index contributed by atoms with van der Waals surface area (Å²) in [5, 5.41) is 6.47. The number of nitrogens with one attached hydrogen (secondary N) is 1. The Bertz CT molecular complexity index is 897. The average molecular weight is 378 g/mol. The summed E-state index contributed by atoms with van der Waals surface area (Å²) in [6, 6.07) is 13.5. The molecule has 8 heteroatoms. The average Bonchev–Trinajstić information content (AvgIpc) is 3.09. The minimum Gasteiger partial charge on any atom is -0.356 e. The summed E-state index contributed by atoms with van der Waals surface area (Å²) in [6.07, 6.45) is 0. The molecule has 0 fully saturated rings. The molecule has 0 aliphatic heterocycles. The van der Waals surface area contributed by atoms with Crippen LogP contribution >= 0.6 is 11.8 Å². The van der Waals surface area contributed by atoms with Crippen LogP contribution in [0.15, 0.2) is 64.0 Å². The second-order valence-corrected chi connectivity index (χ2v) is 6.28. The maximum Gasteiger partial charge on any atom is 0.288 e. The lowest BCUT2D eigenvalue weighted by Gasteiger charge is -2.08. The van der Waals surface area contributed by atoms with Gasteiger partial charge in [-0.1, -0.05) is 29.1 Å². The van der Waals surface area contributed by atoms with E-state index in [1.54, 1.807) is 30.3 Å². The molecule has 0 spiro atoms. The molecule has 0 radical (unpaired) electrons. The highest BCUT2D eigenvalue weighted by molar-refractivity contribution is 7.99. The van der Waals surface area contributed by atoms with Crippen LogP contribution in [0.4, 0.5) is 13.2 Å². The van der Waals surface area contributed by atoms with Gasteiger partial charge in [-0.3, -0.25) is 4.79 Å². The second-order valence-electron chi connectivity index (χ2n) is 5.25. The van der Waals surface area contributed by atoms with Gasteiger partial charge in [-0.25, -0.2) is 4.39 Å². The molecule has 0 saturated carbocycles. The van der Waals surface area contributed by atoms with Gasteiger partial charge in [0, 0.05) is 16.5 Å². The lowest BCUT2D eigenvalue weighted by atomic mass is 10.1. The van der Waals surface area contributed by atoms with Crippen LogP contribution in [-0.2, 0) is 6.54 Å². The molecule has 0 saturated heterocycles. The number of carbonyl (C=O) groups excluding carboxylic acids is 1. The zero-order chi connectivity index (χ0) is 18.5. The summed E-state index contributed by atoms with van der Waals surface area (Å²) in [5.74, 6) is -3.03. The third kappa shape index (κ3) is 4.45. The van der Waals surface area contributed by atoms with Crippen LogP contribution < -0.4 is 5.32 Å². The van der Waals surface area contributed by atoms with E-state index in [9.17, 15) is 18.0 Å². The van der Waals surface area contributed by atoms with Gasteiger partial charge in [-0.15, -0.1) is 0 Å². The number of halogens is 3. The molecule has 0 unspecified atom stereocenters. The Kier molecular flexibility index (Phi) is 5.62. The molecule has 1 amide bonds. The van der Waals surface area contributed by atoms with Gasteiger partial charge in [-0.2, -0.15) is 8.78 Å². The zero-order valence-electron chi connectivity index (χ0n) is 13.3. The number of carbonyl (C=O) groups is 1. The summed E-state index contributed by atoms with van der Waals surface area (Å²) >= 11 is 0.319. The molecule has 4 nitrogen and oxygen atoms in total. The largest absolute Gasteiger partial charge is 0.356 e. The standard InChI is InChI=1S/C18H13F3N2O2S/c19-12-7-5-11(6-8-12)15-9-13(23-25-15)10-22-17(24)14-3-1-2-4-16(14)26-18(20)21/h1-9,18H,10H2,(H,22,24). The molecule has 0 aliphatic carbocycles. The van der Waals surface area contributed by atoms with E-state index in [0.717, 1.165) is 0 Å². The van der Waals surface area contributed by atoms with Crippen molar-refractivity contribution in [2.24, 2.45) is 0 Å². The van der Waals surface area contributed by atoms with Gasteiger partial charge in [0.25, 0.3) is 11.7 Å².